The van der Waals surface area contributed by atoms with E-state index in [-0.39, 0.29) is 17.2 Å². The molecule has 9 heteroatoms. The average Bonchev–Trinajstić information content (AvgIpc) is 3.22. The maximum Gasteiger partial charge on any atom is 0.247 e. The molecule has 158 valence electrons. The molecule has 30 heavy (non-hydrogen) atoms. The minimum atomic E-state index is -3.96. The number of hydrogen-bond donors (Lipinski definition) is 0. The first-order chi connectivity index (χ1) is 14.4. The molecule has 1 unspecified atom stereocenters. The van der Waals surface area contributed by atoms with E-state index in [4.69, 9.17) is 32.7 Å². The van der Waals surface area contributed by atoms with Crippen LogP contribution in [0.5, 0.6) is 11.5 Å². The van der Waals surface area contributed by atoms with Crippen LogP contribution in [0.2, 0.25) is 10.0 Å². The van der Waals surface area contributed by atoms with E-state index in [1.54, 1.807) is 30.3 Å². The van der Waals surface area contributed by atoms with Gasteiger partial charge in [-0.15, -0.1) is 0 Å². The fourth-order valence-corrected chi connectivity index (χ4v) is 6.03. The molecule has 4 rings (SSSR count). The number of nitrogens with zero attached hydrogens (tertiary/aromatic N) is 2. The average molecular weight is 467 g/mol. The van der Waals surface area contributed by atoms with E-state index in [1.807, 2.05) is 22.9 Å². The fraction of sp³-hybridized carbons (Fsp3) is 0.238. The van der Waals surface area contributed by atoms with Crippen LogP contribution in [0.4, 0.5) is 0 Å². The van der Waals surface area contributed by atoms with E-state index in [2.05, 4.69) is 0 Å². The standard InChI is InChI=1S/C21H20Cl2N2O4S/c1-28-15-6-8-19(29-2)20(13-15)30(26,27)25-11-10-24-9-3-4-18(24)21(25)16-7-5-14(22)12-17(16)23/h3-9,12-13,21H,10-11H2,1-2H3. The van der Waals surface area contributed by atoms with Gasteiger partial charge in [0.15, 0.2) is 0 Å². The van der Waals surface area contributed by atoms with Crippen molar-refractivity contribution in [2.45, 2.75) is 17.5 Å². The quantitative estimate of drug-likeness (QED) is 0.550. The van der Waals surface area contributed by atoms with E-state index in [1.165, 1.54) is 24.6 Å². The van der Waals surface area contributed by atoms with Gasteiger partial charge in [0.25, 0.3) is 0 Å². The van der Waals surface area contributed by atoms with Crippen LogP contribution in [0.25, 0.3) is 0 Å². The van der Waals surface area contributed by atoms with Gasteiger partial charge in [-0.2, -0.15) is 4.31 Å². The molecule has 0 saturated heterocycles. The van der Waals surface area contributed by atoms with Gasteiger partial charge in [0.1, 0.15) is 16.4 Å². The number of aromatic nitrogens is 1. The Labute approximate surface area is 185 Å². The maximum absolute atomic E-state index is 13.8. The van der Waals surface area contributed by atoms with Gasteiger partial charge in [-0.3, -0.25) is 0 Å². The number of fused-ring (bicyclic) bond motifs is 1. The molecule has 3 aromatic rings. The van der Waals surface area contributed by atoms with Gasteiger partial charge in [-0.1, -0.05) is 29.3 Å². The Morgan fingerprint density at radius 3 is 2.50 bits per heavy atom. The summed E-state index contributed by atoms with van der Waals surface area (Å²) in [6.07, 6.45) is 1.93. The highest BCUT2D eigenvalue weighted by atomic mass is 35.5. The molecule has 2 heterocycles. The van der Waals surface area contributed by atoms with Gasteiger partial charge in [0.05, 0.1) is 20.3 Å². The smallest absolute Gasteiger partial charge is 0.247 e. The summed E-state index contributed by atoms with van der Waals surface area (Å²) in [4.78, 5) is 0.0412. The molecule has 1 atom stereocenters. The van der Waals surface area contributed by atoms with Gasteiger partial charge in [-0.05, 0) is 42.0 Å². The van der Waals surface area contributed by atoms with E-state index in [0.717, 1.165) is 5.69 Å². The van der Waals surface area contributed by atoms with Crippen molar-refractivity contribution in [3.05, 3.63) is 76.0 Å². The van der Waals surface area contributed by atoms with Crippen LogP contribution in [-0.4, -0.2) is 38.1 Å². The highest BCUT2D eigenvalue weighted by Crippen LogP contribution is 2.41. The van der Waals surface area contributed by atoms with Gasteiger partial charge < -0.3 is 14.0 Å². The van der Waals surface area contributed by atoms with Crippen molar-refractivity contribution >= 4 is 33.2 Å². The second-order valence-electron chi connectivity index (χ2n) is 6.83. The number of methoxy groups -OCH3 is 2. The van der Waals surface area contributed by atoms with Crippen molar-refractivity contribution < 1.29 is 17.9 Å². The summed E-state index contributed by atoms with van der Waals surface area (Å²) in [5, 5.41) is 0.888. The highest BCUT2D eigenvalue weighted by molar-refractivity contribution is 7.89. The van der Waals surface area contributed by atoms with Crippen molar-refractivity contribution in [1.29, 1.82) is 0 Å². The topological polar surface area (TPSA) is 60.8 Å². The number of hydrogen-bond acceptors (Lipinski definition) is 4. The molecule has 0 radical (unpaired) electrons. The predicted octanol–water partition coefficient (Wildman–Crippen LogP) is 4.61. The zero-order chi connectivity index (χ0) is 21.5. The van der Waals surface area contributed by atoms with Gasteiger partial charge in [-0.25, -0.2) is 8.42 Å². The third kappa shape index (κ3) is 3.56. The Morgan fingerprint density at radius 1 is 1.00 bits per heavy atom. The van der Waals surface area contributed by atoms with Crippen LogP contribution in [0.15, 0.2) is 59.6 Å². The number of benzene rings is 2. The van der Waals surface area contributed by atoms with Crippen LogP contribution in [-0.2, 0) is 16.6 Å². The molecule has 1 aromatic heterocycles. The zero-order valence-corrected chi connectivity index (χ0v) is 18.7. The summed E-state index contributed by atoms with van der Waals surface area (Å²) in [7, 11) is -1.03. The number of halogens is 2. The summed E-state index contributed by atoms with van der Waals surface area (Å²) < 4.78 is 41.8. The SMILES string of the molecule is COc1ccc(OC)c(S(=O)(=O)N2CCn3cccc3C2c2ccc(Cl)cc2Cl)c1. The number of ether oxygens (including phenoxy) is 2. The van der Waals surface area contributed by atoms with Gasteiger partial charge in [0, 0.05) is 41.1 Å². The van der Waals surface area contributed by atoms with Crippen molar-refractivity contribution in [3.63, 3.8) is 0 Å². The first-order valence-electron chi connectivity index (χ1n) is 9.20. The van der Waals surface area contributed by atoms with Crippen LogP contribution >= 0.6 is 23.2 Å². The molecule has 0 N–H and O–H groups in total. The number of rotatable bonds is 5. The van der Waals surface area contributed by atoms with Crippen LogP contribution in [0, 0.1) is 0 Å². The molecule has 0 bridgehead atoms. The molecule has 1 aliphatic heterocycles. The normalized spacial score (nSPS) is 16.9. The van der Waals surface area contributed by atoms with Gasteiger partial charge >= 0.3 is 0 Å². The third-order valence-corrected chi connectivity index (χ3v) is 7.66. The number of sulfonamides is 1. The summed E-state index contributed by atoms with van der Waals surface area (Å²) >= 11 is 12.6. The summed E-state index contributed by atoms with van der Waals surface area (Å²) in [5.74, 6) is 0.675. The van der Waals surface area contributed by atoms with Gasteiger partial charge in [0.2, 0.25) is 10.0 Å². The van der Waals surface area contributed by atoms with E-state index >= 15 is 0 Å². The predicted molar refractivity (Wildman–Crippen MR) is 116 cm³/mol. The molecule has 0 aliphatic carbocycles. The van der Waals surface area contributed by atoms with Crippen molar-refractivity contribution in [1.82, 2.24) is 8.87 Å². The summed E-state index contributed by atoms with van der Waals surface area (Å²) in [6, 6.07) is 13.0. The molecule has 0 fully saturated rings. The van der Waals surface area contributed by atoms with Crippen LogP contribution < -0.4 is 9.47 Å². The fourth-order valence-electron chi connectivity index (χ4n) is 3.77. The molecular formula is C21H20Cl2N2O4S. The molecule has 0 amide bonds. The zero-order valence-electron chi connectivity index (χ0n) is 16.4. The lowest BCUT2D eigenvalue weighted by molar-refractivity contribution is 0.296. The Bertz CT molecular complexity index is 1190. The minimum Gasteiger partial charge on any atom is -0.497 e. The van der Waals surface area contributed by atoms with Crippen molar-refractivity contribution in [2.75, 3.05) is 20.8 Å². The first-order valence-corrected chi connectivity index (χ1v) is 11.4. The third-order valence-electron chi connectivity index (χ3n) is 5.21. The lowest BCUT2D eigenvalue weighted by atomic mass is 10.0. The largest absolute Gasteiger partial charge is 0.497 e. The second kappa shape index (κ2) is 8.15. The lowest BCUT2D eigenvalue weighted by Gasteiger charge is -2.37. The molecule has 0 saturated carbocycles. The molecule has 0 spiro atoms. The highest BCUT2D eigenvalue weighted by Gasteiger charge is 2.40. The Kier molecular flexibility index (Phi) is 5.72. The van der Waals surface area contributed by atoms with Crippen LogP contribution in [0.3, 0.4) is 0 Å². The molecule has 1 aliphatic rings. The molecular weight excluding hydrogens is 447 g/mol. The Balaban J connectivity index is 1.90. The Morgan fingerprint density at radius 2 is 1.80 bits per heavy atom. The van der Waals surface area contributed by atoms with E-state index < -0.39 is 16.1 Å². The monoisotopic (exact) mass is 466 g/mol. The van der Waals surface area contributed by atoms with E-state index in [0.29, 0.717) is 27.9 Å². The molecule has 6 nitrogen and oxygen atoms in total. The maximum atomic E-state index is 13.8. The molecule has 2 aromatic carbocycles. The lowest BCUT2D eigenvalue weighted by Crippen LogP contribution is -2.42. The Hall–Kier alpha value is -2.19. The minimum absolute atomic E-state index is 0.0412. The van der Waals surface area contributed by atoms with Crippen molar-refractivity contribution in [2.24, 2.45) is 0 Å². The second-order valence-corrected chi connectivity index (χ2v) is 9.53. The van der Waals surface area contributed by atoms with Crippen molar-refractivity contribution in [3.8, 4) is 11.5 Å². The summed E-state index contributed by atoms with van der Waals surface area (Å²) in [6.45, 7) is 0.795. The van der Waals surface area contributed by atoms with Crippen LogP contribution in [0.1, 0.15) is 17.3 Å². The summed E-state index contributed by atoms with van der Waals surface area (Å²) in [5.41, 5.74) is 1.49. The van der Waals surface area contributed by atoms with E-state index in [9.17, 15) is 8.42 Å². The first kappa shape index (κ1) is 21.1.